The maximum atomic E-state index is 6.04. The fraction of sp³-hybridized carbons (Fsp3) is 0. The molecular formula is C17H11ClN2. The molecule has 0 spiro atoms. The van der Waals surface area contributed by atoms with E-state index in [0.29, 0.717) is 5.15 Å². The van der Waals surface area contributed by atoms with Gasteiger partial charge in [-0.05, 0) is 24.3 Å². The number of aromatic nitrogens is 2. The first-order chi connectivity index (χ1) is 9.84. The monoisotopic (exact) mass is 278 g/mol. The highest BCUT2D eigenvalue weighted by Gasteiger charge is 2.11. The third kappa shape index (κ3) is 1.62. The van der Waals surface area contributed by atoms with Crippen LogP contribution < -0.4 is 0 Å². The summed E-state index contributed by atoms with van der Waals surface area (Å²) in [5.41, 5.74) is 3.38. The molecule has 2 heterocycles. The number of halogens is 1. The van der Waals surface area contributed by atoms with Gasteiger partial charge in [-0.1, -0.05) is 48.0 Å². The highest BCUT2D eigenvalue weighted by molar-refractivity contribution is 6.29. The van der Waals surface area contributed by atoms with Gasteiger partial charge in [0, 0.05) is 17.0 Å². The van der Waals surface area contributed by atoms with Crippen molar-refractivity contribution in [3.63, 3.8) is 0 Å². The number of nitrogens with zero attached hydrogens (tertiary/aromatic N) is 2. The van der Waals surface area contributed by atoms with Crippen LogP contribution >= 0.6 is 11.6 Å². The number of para-hydroxylation sites is 2. The minimum Gasteiger partial charge on any atom is -0.309 e. The van der Waals surface area contributed by atoms with Crippen LogP contribution in [0.1, 0.15) is 0 Å². The molecule has 0 atom stereocenters. The second kappa shape index (κ2) is 4.36. The standard InChI is InChI=1S/C17H11ClN2/c18-17-11-12(9-10-19-17)20-15-7-3-1-5-13(15)14-6-2-4-8-16(14)20/h1-11H. The second-order valence-corrected chi connectivity index (χ2v) is 5.09. The Morgan fingerprint density at radius 2 is 1.40 bits per heavy atom. The minimum atomic E-state index is 0.504. The van der Waals surface area contributed by atoms with Crippen LogP contribution in [0.15, 0.2) is 66.9 Å². The molecule has 0 fully saturated rings. The Hall–Kier alpha value is -2.32. The van der Waals surface area contributed by atoms with Crippen molar-refractivity contribution in [3.05, 3.63) is 72.0 Å². The number of benzene rings is 2. The molecule has 0 N–H and O–H groups in total. The Kier molecular flexibility index (Phi) is 2.51. The molecule has 0 saturated carbocycles. The van der Waals surface area contributed by atoms with Gasteiger partial charge in [0.1, 0.15) is 5.15 Å². The smallest absolute Gasteiger partial charge is 0.131 e. The van der Waals surface area contributed by atoms with Crippen LogP contribution in [0.4, 0.5) is 0 Å². The van der Waals surface area contributed by atoms with Gasteiger partial charge in [-0.3, -0.25) is 0 Å². The first-order valence-corrected chi connectivity index (χ1v) is 6.82. The lowest BCUT2D eigenvalue weighted by molar-refractivity contribution is 1.16. The molecule has 3 heteroatoms. The molecule has 0 amide bonds. The van der Waals surface area contributed by atoms with Crippen LogP contribution in [-0.2, 0) is 0 Å². The van der Waals surface area contributed by atoms with Crippen molar-refractivity contribution in [2.45, 2.75) is 0 Å². The van der Waals surface area contributed by atoms with Crippen molar-refractivity contribution in [2.24, 2.45) is 0 Å². The molecule has 0 aliphatic heterocycles. The third-order valence-electron chi connectivity index (χ3n) is 3.55. The molecule has 4 aromatic rings. The molecule has 20 heavy (non-hydrogen) atoms. The highest BCUT2D eigenvalue weighted by atomic mass is 35.5. The van der Waals surface area contributed by atoms with E-state index >= 15 is 0 Å². The molecule has 0 aliphatic rings. The second-order valence-electron chi connectivity index (χ2n) is 4.71. The molecule has 0 bridgehead atoms. The first kappa shape index (κ1) is 11.5. The number of pyridine rings is 1. The summed E-state index contributed by atoms with van der Waals surface area (Å²) in [6.07, 6.45) is 1.74. The molecule has 2 aromatic heterocycles. The minimum absolute atomic E-state index is 0.504. The third-order valence-corrected chi connectivity index (χ3v) is 3.76. The van der Waals surface area contributed by atoms with Crippen LogP contribution in [0, 0.1) is 0 Å². The van der Waals surface area contributed by atoms with E-state index < -0.39 is 0 Å². The average Bonchev–Trinajstić information content (AvgIpc) is 2.82. The van der Waals surface area contributed by atoms with E-state index in [1.165, 1.54) is 21.8 Å². The van der Waals surface area contributed by atoms with E-state index in [4.69, 9.17) is 11.6 Å². The Bertz CT molecular complexity index is 871. The molecule has 96 valence electrons. The van der Waals surface area contributed by atoms with Crippen molar-refractivity contribution < 1.29 is 0 Å². The van der Waals surface area contributed by atoms with Crippen LogP contribution in [0.3, 0.4) is 0 Å². The summed E-state index contributed by atoms with van der Waals surface area (Å²) in [5.74, 6) is 0. The van der Waals surface area contributed by atoms with Gasteiger partial charge in [-0.15, -0.1) is 0 Å². The van der Waals surface area contributed by atoms with Gasteiger partial charge in [-0.2, -0.15) is 0 Å². The molecule has 4 rings (SSSR count). The van der Waals surface area contributed by atoms with Crippen molar-refractivity contribution in [3.8, 4) is 5.69 Å². The van der Waals surface area contributed by atoms with Crippen LogP contribution in [0.25, 0.3) is 27.5 Å². The van der Waals surface area contributed by atoms with Gasteiger partial charge in [-0.25, -0.2) is 4.98 Å². The summed E-state index contributed by atoms with van der Waals surface area (Å²) < 4.78 is 2.22. The molecule has 0 aliphatic carbocycles. The topological polar surface area (TPSA) is 17.8 Å². The Morgan fingerprint density at radius 3 is 2.00 bits per heavy atom. The lowest BCUT2D eigenvalue weighted by atomic mass is 10.2. The van der Waals surface area contributed by atoms with Gasteiger partial charge in [0.2, 0.25) is 0 Å². The predicted octanol–water partition coefficient (Wildman–Crippen LogP) is 4.83. The summed E-state index contributed by atoms with van der Waals surface area (Å²) in [4.78, 5) is 4.06. The van der Waals surface area contributed by atoms with Crippen molar-refractivity contribution in [1.29, 1.82) is 0 Å². The molecular weight excluding hydrogens is 268 g/mol. The SMILES string of the molecule is Clc1cc(-n2c3ccccc3c3ccccc32)ccn1. The zero-order chi connectivity index (χ0) is 13.5. The summed E-state index contributed by atoms with van der Waals surface area (Å²) in [7, 11) is 0. The number of rotatable bonds is 1. The van der Waals surface area contributed by atoms with Gasteiger partial charge in [0.25, 0.3) is 0 Å². The predicted molar refractivity (Wildman–Crippen MR) is 83.6 cm³/mol. The van der Waals surface area contributed by atoms with E-state index in [9.17, 15) is 0 Å². The maximum absolute atomic E-state index is 6.04. The van der Waals surface area contributed by atoms with Crippen molar-refractivity contribution in [2.75, 3.05) is 0 Å². The molecule has 0 unspecified atom stereocenters. The van der Waals surface area contributed by atoms with Crippen LogP contribution in [-0.4, -0.2) is 9.55 Å². The van der Waals surface area contributed by atoms with Crippen molar-refractivity contribution >= 4 is 33.4 Å². The zero-order valence-electron chi connectivity index (χ0n) is 10.6. The first-order valence-electron chi connectivity index (χ1n) is 6.45. The quantitative estimate of drug-likeness (QED) is 0.456. The summed E-state index contributed by atoms with van der Waals surface area (Å²) in [6, 6.07) is 20.7. The van der Waals surface area contributed by atoms with E-state index in [2.05, 4.69) is 58.1 Å². The fourth-order valence-electron chi connectivity index (χ4n) is 2.73. The lowest BCUT2D eigenvalue weighted by Crippen LogP contribution is -1.93. The average molecular weight is 279 g/mol. The lowest BCUT2D eigenvalue weighted by Gasteiger charge is -2.07. The largest absolute Gasteiger partial charge is 0.309 e. The number of hydrogen-bond acceptors (Lipinski definition) is 1. The summed E-state index contributed by atoms with van der Waals surface area (Å²) >= 11 is 6.04. The van der Waals surface area contributed by atoms with Crippen molar-refractivity contribution in [1.82, 2.24) is 9.55 Å². The van der Waals surface area contributed by atoms with E-state index in [1.807, 2.05) is 12.1 Å². The molecule has 2 nitrogen and oxygen atoms in total. The van der Waals surface area contributed by atoms with E-state index in [1.54, 1.807) is 6.20 Å². The molecule has 2 aromatic carbocycles. The van der Waals surface area contributed by atoms with Gasteiger partial charge in [0.15, 0.2) is 0 Å². The fourth-order valence-corrected chi connectivity index (χ4v) is 2.90. The maximum Gasteiger partial charge on any atom is 0.131 e. The van der Waals surface area contributed by atoms with Gasteiger partial charge >= 0.3 is 0 Å². The highest BCUT2D eigenvalue weighted by Crippen LogP contribution is 2.31. The molecule has 0 radical (unpaired) electrons. The van der Waals surface area contributed by atoms with Crippen LogP contribution in [0.5, 0.6) is 0 Å². The molecule has 0 saturated heterocycles. The number of fused-ring (bicyclic) bond motifs is 3. The van der Waals surface area contributed by atoms with Gasteiger partial charge < -0.3 is 4.57 Å². The van der Waals surface area contributed by atoms with E-state index in [0.717, 1.165) is 5.69 Å². The zero-order valence-corrected chi connectivity index (χ0v) is 11.4. The van der Waals surface area contributed by atoms with E-state index in [-0.39, 0.29) is 0 Å². The van der Waals surface area contributed by atoms with Crippen LogP contribution in [0.2, 0.25) is 5.15 Å². The van der Waals surface area contributed by atoms with Gasteiger partial charge in [0.05, 0.1) is 16.7 Å². The Morgan fingerprint density at radius 1 is 0.800 bits per heavy atom. The summed E-state index contributed by atoms with van der Waals surface area (Å²) in [5, 5.41) is 3.00. The Labute approximate surface area is 121 Å². The normalized spacial score (nSPS) is 11.2. The number of hydrogen-bond donors (Lipinski definition) is 0. The Balaban J connectivity index is 2.21. The summed E-state index contributed by atoms with van der Waals surface area (Å²) in [6.45, 7) is 0.